The summed E-state index contributed by atoms with van der Waals surface area (Å²) in [6.07, 6.45) is 53.2. The molecular weight excluding hydrogens is 1370 g/mol. The first kappa shape index (κ1) is 78.4. The van der Waals surface area contributed by atoms with Crippen molar-refractivity contribution in [3.63, 3.8) is 0 Å². The van der Waals surface area contributed by atoms with E-state index in [2.05, 4.69) is 122 Å². The van der Waals surface area contributed by atoms with Gasteiger partial charge in [-0.2, -0.15) is 0 Å². The topological polar surface area (TPSA) is 150 Å². The summed E-state index contributed by atoms with van der Waals surface area (Å²) in [5, 5.41) is 34.1. The van der Waals surface area contributed by atoms with Crippen LogP contribution in [-0.4, -0.2) is 41.7 Å². The Morgan fingerprint density at radius 2 is 0.685 bits per heavy atom. The molecule has 0 amide bonds. The minimum absolute atomic E-state index is 0.134. The van der Waals surface area contributed by atoms with E-state index in [1.807, 2.05) is 18.2 Å². The Bertz CT molecular complexity index is 5690. The van der Waals surface area contributed by atoms with E-state index in [0.717, 1.165) is 138 Å². The largest absolute Gasteiger partial charge is 0.706 e. The number of rotatable bonds is 46. The van der Waals surface area contributed by atoms with Crippen molar-refractivity contribution in [3.8, 4) is 23.8 Å². The van der Waals surface area contributed by atoms with Crippen LogP contribution in [0.2, 0.25) is 0 Å². The van der Waals surface area contributed by atoms with E-state index in [9.17, 15) is 15.6 Å². The Balaban J connectivity index is 0.767. The summed E-state index contributed by atoms with van der Waals surface area (Å²) in [6, 6.07) is 35.9. The average Bonchev–Trinajstić information content (AvgIpc) is 1.32. The van der Waals surface area contributed by atoms with Crippen LogP contribution < -0.4 is 11.1 Å². The maximum absolute atomic E-state index is 15.2. The summed E-state index contributed by atoms with van der Waals surface area (Å²) in [7, 11) is 0. The number of hydrogen-bond donors (Lipinski definition) is 0. The van der Waals surface area contributed by atoms with Crippen molar-refractivity contribution in [1.29, 1.82) is 0 Å². The summed E-state index contributed by atoms with van der Waals surface area (Å²) in [5.74, 6) is 10.7. The van der Waals surface area contributed by atoms with Gasteiger partial charge in [-0.15, -0.1) is 0 Å². The van der Waals surface area contributed by atoms with Gasteiger partial charge in [0, 0.05) is 63.4 Å². The van der Waals surface area contributed by atoms with Crippen LogP contribution in [0.5, 0.6) is 0 Å². The predicted octanol–water partition coefficient (Wildman–Crippen LogP) is 28.7. The molecule has 0 N–H and O–H groups in total. The van der Waals surface area contributed by atoms with Crippen molar-refractivity contribution in [2.75, 3.05) is 13.1 Å². The zero-order valence-corrected chi connectivity index (χ0v) is 67.1. The summed E-state index contributed by atoms with van der Waals surface area (Å²) in [6.45, 7) is 10.7. The fourth-order valence-electron chi connectivity index (χ4n) is 18.9. The molecule has 0 unspecified atom stereocenters. The molecule has 12 nitrogen and oxygen atoms in total. The van der Waals surface area contributed by atoms with Gasteiger partial charge < -0.3 is 15.5 Å². The van der Waals surface area contributed by atoms with Crippen LogP contribution in [0.4, 0.5) is 11.4 Å². The fraction of sp³-hybridized carbons (Fsp3) is 0.495. The molecule has 4 aromatic heterocycles. The molecule has 0 saturated carbocycles. The van der Waals surface area contributed by atoms with E-state index in [4.69, 9.17) is 9.97 Å². The van der Waals surface area contributed by atoms with Crippen molar-refractivity contribution < 1.29 is 4.92 Å². The van der Waals surface area contributed by atoms with Crippen LogP contribution in [0.1, 0.15) is 308 Å². The Morgan fingerprint density at radius 3 is 1.03 bits per heavy atom. The SMILES string of the molecule is CCCCCCCCCCCCC(C#Cc1cc2nc3c4ccc5c6ccc7c8ccc9c(=O)n%10c%11cc([N+](=O)[O-])c(C#CN(CCCCCCCCCCCC)CCCCCCCCCCCC)cc%11nc%10c%10ccc(c%11ccc(c%12ccc(c(=O)n3c2cc1N=[N-])c4c5%12)c6c7%11)c8c9%10)CCCCCCCCCCCC. The molecule has 111 heavy (non-hydrogen) atoms. The summed E-state index contributed by atoms with van der Waals surface area (Å²) in [5.41, 5.74) is 14.4. The molecule has 4 heterocycles. The van der Waals surface area contributed by atoms with Crippen molar-refractivity contribution in [1.82, 2.24) is 23.7 Å². The lowest BCUT2D eigenvalue weighted by Gasteiger charge is -2.21. The molecule has 0 spiro atoms. The second-order valence-electron chi connectivity index (χ2n) is 32.9. The zero-order chi connectivity index (χ0) is 76.6. The van der Waals surface area contributed by atoms with Crippen molar-refractivity contribution in [2.24, 2.45) is 11.0 Å². The fourth-order valence-corrected chi connectivity index (χ4v) is 18.9. The molecule has 578 valence electrons. The van der Waals surface area contributed by atoms with Gasteiger partial charge in [-0.05, 0) is 139 Å². The first-order valence-corrected chi connectivity index (χ1v) is 44.0. The van der Waals surface area contributed by atoms with E-state index < -0.39 is 0 Å². The van der Waals surface area contributed by atoms with E-state index >= 15 is 9.59 Å². The number of fused-ring (bicyclic) bond motifs is 12. The average molecular weight is 1480 g/mol. The highest BCUT2D eigenvalue weighted by molar-refractivity contribution is 6.45. The third-order valence-electron chi connectivity index (χ3n) is 25.0. The standard InChI is InChI=1S/C99H117N8O4/c1-5-9-13-17-21-25-29-33-37-41-45-69(46-42-38-34-30-26-22-18-14-10-6-2)47-48-70-65-85-88(67-84(70)103-100)105-96(101-85)80-57-53-76-72-49-52-75-79-56-60-83-95-81(58-54-77(93(79)95)73-50-51-74(90(72)91(73)75)78-55-59-82(98(105)108)94(80)92(76)78)97-102-86-66-71(87(107(110)111)68-89(86)106(97)99(83)109)61-64-104(62-43-39-35-31-27-23-19-15-11-7-3)63-44-40-36-32-28-24-20-16-12-8-4/h49-60,65-69H,5-46,62-63H2,1-4H3/q-1. The van der Waals surface area contributed by atoms with E-state index in [-0.39, 0.29) is 27.6 Å². The molecule has 12 heteroatoms. The van der Waals surface area contributed by atoms with Crippen LogP contribution in [0, 0.1) is 39.8 Å². The van der Waals surface area contributed by atoms with Gasteiger partial charge in [0.1, 0.15) is 16.9 Å². The Hall–Kier alpha value is -9.26. The summed E-state index contributed by atoms with van der Waals surface area (Å²) in [4.78, 5) is 55.9. The molecule has 0 atom stereocenters. The minimum atomic E-state index is -0.369. The molecule has 10 aromatic carbocycles. The Labute approximate surface area is 656 Å². The number of unbranched alkanes of at least 4 members (excludes halogenated alkanes) is 36. The number of hydrogen-bond acceptors (Lipinski definition) is 8. The van der Waals surface area contributed by atoms with Gasteiger partial charge in [-0.3, -0.25) is 28.5 Å². The molecule has 0 saturated heterocycles. The highest BCUT2D eigenvalue weighted by atomic mass is 16.6. The number of aromatic nitrogens is 4. The highest BCUT2D eigenvalue weighted by Crippen LogP contribution is 2.50. The molecule has 0 aliphatic carbocycles. The molecule has 14 rings (SSSR count). The Kier molecular flexibility index (Phi) is 26.7. The normalized spacial score (nSPS) is 12.2. The smallest absolute Gasteiger partial charge is 0.287 e. The van der Waals surface area contributed by atoms with E-state index in [1.165, 1.54) is 237 Å². The lowest BCUT2D eigenvalue weighted by molar-refractivity contribution is -0.385. The van der Waals surface area contributed by atoms with Gasteiger partial charge in [-0.1, -0.05) is 332 Å². The van der Waals surface area contributed by atoms with Gasteiger partial charge in [0.25, 0.3) is 16.8 Å². The van der Waals surface area contributed by atoms with Crippen molar-refractivity contribution in [3.05, 3.63) is 145 Å². The van der Waals surface area contributed by atoms with Crippen LogP contribution in [0.25, 0.3) is 136 Å². The summed E-state index contributed by atoms with van der Waals surface area (Å²) >= 11 is 0. The molecule has 0 bridgehead atoms. The first-order chi connectivity index (χ1) is 54.7. The van der Waals surface area contributed by atoms with Crippen LogP contribution in [0.3, 0.4) is 0 Å². The minimum Gasteiger partial charge on any atom is -0.706 e. The third kappa shape index (κ3) is 16.9. The number of nitrogens with zero attached hydrogens (tertiary/aromatic N) is 8. The molecule has 0 radical (unpaired) electrons. The van der Waals surface area contributed by atoms with Crippen LogP contribution in [0.15, 0.2) is 112 Å². The number of nitro benzene ring substituents is 1. The maximum atomic E-state index is 15.2. The molecule has 0 fully saturated rings. The monoisotopic (exact) mass is 1480 g/mol. The van der Waals surface area contributed by atoms with Gasteiger partial charge in [0.05, 0.1) is 38.2 Å². The number of imidazole rings is 2. The number of nitro groups is 1. The lowest BCUT2D eigenvalue weighted by Crippen LogP contribution is -2.20. The molecule has 14 aromatic rings. The number of pyridine rings is 2. The van der Waals surface area contributed by atoms with Crippen molar-refractivity contribution >= 4 is 142 Å². The van der Waals surface area contributed by atoms with Crippen LogP contribution in [-0.2, 0) is 0 Å². The van der Waals surface area contributed by atoms with Gasteiger partial charge in [-0.25, -0.2) is 9.97 Å². The quantitative estimate of drug-likeness (QED) is 0.00539. The lowest BCUT2D eigenvalue weighted by atomic mass is 9.82. The second-order valence-corrected chi connectivity index (χ2v) is 32.9. The first-order valence-electron chi connectivity index (χ1n) is 44.0. The van der Waals surface area contributed by atoms with Gasteiger partial charge >= 0.3 is 0 Å². The third-order valence-corrected chi connectivity index (χ3v) is 25.0. The Morgan fingerprint density at radius 1 is 0.387 bits per heavy atom. The van der Waals surface area contributed by atoms with Crippen molar-refractivity contribution in [2.45, 2.75) is 297 Å². The molecular formula is C99H117N8O4-. The predicted molar refractivity (Wildman–Crippen MR) is 471 cm³/mol. The second kappa shape index (κ2) is 37.8. The van der Waals surface area contributed by atoms with Gasteiger partial charge in [0.2, 0.25) is 0 Å². The highest BCUT2D eigenvalue weighted by Gasteiger charge is 2.27. The number of benzene rings is 10. The molecule has 0 aliphatic heterocycles. The van der Waals surface area contributed by atoms with E-state index in [0.29, 0.717) is 60.9 Å². The van der Waals surface area contributed by atoms with Crippen LogP contribution >= 0.6 is 0 Å². The molecule has 0 aliphatic rings. The van der Waals surface area contributed by atoms with Gasteiger partial charge in [0.15, 0.2) is 0 Å². The van der Waals surface area contributed by atoms with E-state index in [1.54, 1.807) is 20.9 Å². The summed E-state index contributed by atoms with van der Waals surface area (Å²) < 4.78 is 3.27. The maximum Gasteiger partial charge on any atom is 0.287 e. The zero-order valence-electron chi connectivity index (χ0n) is 67.1.